The van der Waals surface area contributed by atoms with Crippen molar-refractivity contribution < 1.29 is 41.0 Å². The van der Waals surface area contributed by atoms with Gasteiger partial charge in [-0.3, -0.25) is 4.79 Å². The van der Waals surface area contributed by atoms with Gasteiger partial charge in [0.25, 0.3) is 0 Å². The van der Waals surface area contributed by atoms with E-state index in [0.29, 0.717) is 38.3 Å². The lowest BCUT2D eigenvalue weighted by Gasteiger charge is -2.39. The number of hydrogen-bond donors (Lipinski definition) is 1. The predicted molar refractivity (Wildman–Crippen MR) is 99.0 cm³/mol. The number of piperidine rings is 1. The van der Waals surface area contributed by atoms with E-state index in [0.717, 1.165) is 12.8 Å². The summed E-state index contributed by atoms with van der Waals surface area (Å²) in [5.74, 6) is -0.986. The molecule has 170 valence electrons. The Balaban J connectivity index is 1.72. The third-order valence-electron chi connectivity index (χ3n) is 5.78. The molecular weight excluding hydrogens is 415 g/mol. The van der Waals surface area contributed by atoms with Crippen LogP contribution in [0.3, 0.4) is 0 Å². The van der Waals surface area contributed by atoms with Crippen molar-refractivity contribution in [1.82, 2.24) is 4.31 Å². The Kier molecular flexibility index (Phi) is 8.74. The largest absolute Gasteiger partial charge is 0.480 e. The van der Waals surface area contributed by atoms with Crippen molar-refractivity contribution in [1.29, 1.82) is 0 Å². The van der Waals surface area contributed by atoms with Crippen molar-refractivity contribution in [2.45, 2.75) is 62.3 Å². The minimum absolute atomic E-state index is 0.0427. The van der Waals surface area contributed by atoms with Crippen LogP contribution in [0.15, 0.2) is 0 Å². The van der Waals surface area contributed by atoms with Gasteiger partial charge in [0.1, 0.15) is 0 Å². The molecule has 0 bridgehead atoms. The Hall–Kier alpha value is -0.910. The van der Waals surface area contributed by atoms with E-state index in [4.69, 9.17) is 9.47 Å². The van der Waals surface area contributed by atoms with Crippen LogP contribution in [-0.2, 0) is 24.3 Å². The molecule has 0 aromatic heterocycles. The van der Waals surface area contributed by atoms with Gasteiger partial charge in [0.15, 0.2) is 4.75 Å². The minimum Gasteiger partial charge on any atom is -0.480 e. The highest BCUT2D eigenvalue weighted by Crippen LogP contribution is 2.35. The normalized spacial score (nSPS) is 21.9. The molecule has 29 heavy (non-hydrogen) atoms. The topological polar surface area (TPSA) is 93.1 Å². The van der Waals surface area contributed by atoms with Crippen LogP contribution in [0.1, 0.15) is 51.4 Å². The summed E-state index contributed by atoms with van der Waals surface area (Å²) < 4.78 is 71.8. The number of rotatable bonds is 10. The van der Waals surface area contributed by atoms with Gasteiger partial charge in [0, 0.05) is 45.8 Å². The molecule has 0 aliphatic carbocycles. The quantitative estimate of drug-likeness (QED) is 0.520. The van der Waals surface area contributed by atoms with Crippen molar-refractivity contribution in [3.8, 4) is 0 Å². The highest BCUT2D eigenvalue weighted by molar-refractivity contribution is 7.91. The number of carboxylic acids is 1. The molecular formula is C18H30F3NO6S. The summed E-state index contributed by atoms with van der Waals surface area (Å²) in [5, 5.41) is 9.62. The molecule has 0 spiro atoms. The molecule has 2 rings (SSSR count). The first-order valence-corrected chi connectivity index (χ1v) is 11.5. The Morgan fingerprint density at radius 2 is 1.76 bits per heavy atom. The summed E-state index contributed by atoms with van der Waals surface area (Å²) in [7, 11) is -3.98. The Labute approximate surface area is 169 Å². The number of carbonyl (C=O) groups is 1. The Morgan fingerprint density at radius 3 is 2.31 bits per heavy atom. The van der Waals surface area contributed by atoms with Crippen molar-refractivity contribution >= 4 is 16.0 Å². The van der Waals surface area contributed by atoms with Crippen molar-refractivity contribution in [2.75, 3.05) is 39.5 Å². The maximum Gasteiger partial charge on any atom is 0.391 e. The van der Waals surface area contributed by atoms with Crippen LogP contribution in [0.4, 0.5) is 13.2 Å². The first-order chi connectivity index (χ1) is 13.6. The van der Waals surface area contributed by atoms with E-state index < -0.39 is 33.3 Å². The predicted octanol–water partition coefficient (Wildman–Crippen LogP) is 2.80. The summed E-state index contributed by atoms with van der Waals surface area (Å²) >= 11 is 0. The maximum atomic E-state index is 13.0. The first-order valence-electron chi connectivity index (χ1n) is 10.0. The van der Waals surface area contributed by atoms with E-state index in [1.807, 2.05) is 0 Å². The van der Waals surface area contributed by atoms with E-state index in [9.17, 15) is 31.5 Å². The monoisotopic (exact) mass is 445 g/mol. The molecule has 11 heteroatoms. The summed E-state index contributed by atoms with van der Waals surface area (Å²) in [6.07, 6.45) is -1.59. The Morgan fingerprint density at radius 1 is 1.14 bits per heavy atom. The lowest BCUT2D eigenvalue weighted by molar-refractivity contribution is -0.145. The maximum absolute atomic E-state index is 13.0. The van der Waals surface area contributed by atoms with Gasteiger partial charge in [0.2, 0.25) is 10.0 Å². The second-order valence-electron chi connectivity index (χ2n) is 7.73. The number of sulfonamides is 1. The fourth-order valence-corrected chi connectivity index (χ4v) is 5.98. The van der Waals surface area contributed by atoms with Crippen molar-refractivity contribution in [2.24, 2.45) is 5.92 Å². The number of nitrogens with zero attached hydrogens (tertiary/aromatic N) is 1. The van der Waals surface area contributed by atoms with Gasteiger partial charge in [-0.25, -0.2) is 12.7 Å². The number of ether oxygens (including phenoxy) is 2. The van der Waals surface area contributed by atoms with Crippen LogP contribution >= 0.6 is 0 Å². The van der Waals surface area contributed by atoms with Crippen molar-refractivity contribution in [3.63, 3.8) is 0 Å². The number of aliphatic carboxylic acids is 1. The molecule has 2 saturated heterocycles. The van der Waals surface area contributed by atoms with E-state index in [2.05, 4.69) is 0 Å². The van der Waals surface area contributed by atoms with Crippen LogP contribution in [0.2, 0.25) is 0 Å². The molecule has 7 nitrogen and oxygen atoms in total. The SMILES string of the molecule is O=C(O)C1(S(=O)(=O)N2CCC(CCCCOCCC(F)(F)F)CC2)CCOCC1. The van der Waals surface area contributed by atoms with Crippen LogP contribution in [-0.4, -0.2) is 74.2 Å². The molecule has 0 aromatic carbocycles. The standard InChI is InChI=1S/C18H30F3NO6S/c19-18(20,21)8-14-27-11-2-1-3-15-4-9-22(10-5-15)29(25,26)17(16(23)24)6-12-28-13-7-17/h15H,1-14H2,(H,23,24). The van der Waals surface area contributed by atoms with Gasteiger partial charge >= 0.3 is 12.1 Å². The molecule has 2 heterocycles. The summed E-state index contributed by atoms with van der Waals surface area (Å²) in [4.78, 5) is 11.8. The number of alkyl halides is 3. The molecule has 2 aliphatic rings. The van der Waals surface area contributed by atoms with E-state index in [1.165, 1.54) is 4.31 Å². The van der Waals surface area contributed by atoms with Gasteiger partial charge in [-0.1, -0.05) is 12.8 Å². The van der Waals surface area contributed by atoms with Crippen LogP contribution in [0.5, 0.6) is 0 Å². The third-order valence-corrected chi connectivity index (χ3v) is 8.39. The first kappa shape index (κ1) is 24.4. The van der Waals surface area contributed by atoms with E-state index in [1.54, 1.807) is 0 Å². The minimum atomic E-state index is -4.20. The molecule has 2 aliphatic heterocycles. The van der Waals surface area contributed by atoms with Gasteiger partial charge in [-0.15, -0.1) is 0 Å². The number of unbranched alkanes of at least 4 members (excludes halogenated alkanes) is 1. The summed E-state index contributed by atoms with van der Waals surface area (Å²) in [6, 6.07) is 0. The third kappa shape index (κ3) is 6.53. The second kappa shape index (κ2) is 10.4. The highest BCUT2D eigenvalue weighted by atomic mass is 32.2. The molecule has 2 fully saturated rings. The molecule has 0 atom stereocenters. The van der Waals surface area contributed by atoms with Gasteiger partial charge in [-0.2, -0.15) is 13.2 Å². The zero-order valence-corrected chi connectivity index (χ0v) is 17.3. The van der Waals surface area contributed by atoms with Crippen molar-refractivity contribution in [3.05, 3.63) is 0 Å². The number of halogens is 3. The van der Waals surface area contributed by atoms with Gasteiger partial charge in [-0.05, 0) is 25.2 Å². The number of carboxylic acid groups (broad SMARTS) is 1. The fourth-order valence-electron chi connectivity index (χ4n) is 3.90. The van der Waals surface area contributed by atoms with Crippen LogP contribution in [0.25, 0.3) is 0 Å². The second-order valence-corrected chi connectivity index (χ2v) is 9.98. The highest BCUT2D eigenvalue weighted by Gasteiger charge is 2.54. The fraction of sp³-hybridized carbons (Fsp3) is 0.944. The Bertz CT molecular complexity index is 626. The smallest absolute Gasteiger partial charge is 0.391 e. The molecule has 0 unspecified atom stereocenters. The van der Waals surface area contributed by atoms with Gasteiger partial charge < -0.3 is 14.6 Å². The van der Waals surface area contributed by atoms with Crippen LogP contribution < -0.4 is 0 Å². The molecule has 0 aromatic rings. The van der Waals surface area contributed by atoms with Gasteiger partial charge in [0.05, 0.1) is 13.0 Å². The number of hydrogen-bond acceptors (Lipinski definition) is 5. The zero-order chi connectivity index (χ0) is 21.5. The van der Waals surface area contributed by atoms with Crippen LogP contribution in [0, 0.1) is 5.92 Å². The molecule has 0 radical (unpaired) electrons. The zero-order valence-electron chi connectivity index (χ0n) is 16.5. The molecule has 1 N–H and O–H groups in total. The lowest BCUT2D eigenvalue weighted by Crippen LogP contribution is -2.57. The lowest BCUT2D eigenvalue weighted by atomic mass is 9.92. The molecule has 0 saturated carbocycles. The average Bonchev–Trinajstić information content (AvgIpc) is 2.67. The van der Waals surface area contributed by atoms with E-state index in [-0.39, 0.29) is 39.3 Å². The summed E-state index contributed by atoms with van der Waals surface area (Å²) in [6.45, 7) is 0.790. The van der Waals surface area contributed by atoms with E-state index >= 15 is 0 Å². The molecule has 0 amide bonds. The average molecular weight is 446 g/mol. The summed E-state index contributed by atoms with van der Waals surface area (Å²) in [5.41, 5.74) is 0.